The Bertz CT molecular complexity index is 775. The van der Waals surface area contributed by atoms with Crippen molar-refractivity contribution < 1.29 is 4.42 Å². The van der Waals surface area contributed by atoms with Gasteiger partial charge in [-0.1, -0.05) is 0 Å². The van der Waals surface area contributed by atoms with E-state index in [1.165, 1.54) is 0 Å². The molecule has 6 heteroatoms. The van der Waals surface area contributed by atoms with Gasteiger partial charge in [0.05, 0.1) is 5.69 Å². The van der Waals surface area contributed by atoms with E-state index in [2.05, 4.69) is 30.5 Å². The molecule has 0 radical (unpaired) electrons. The van der Waals surface area contributed by atoms with Crippen LogP contribution in [0.15, 0.2) is 27.2 Å². The number of aryl methyl sites for hydroxylation is 1. The van der Waals surface area contributed by atoms with Crippen LogP contribution in [0.5, 0.6) is 0 Å². The second-order valence-corrected chi connectivity index (χ2v) is 5.43. The van der Waals surface area contributed by atoms with Crippen LogP contribution >= 0.6 is 15.9 Å². The molecule has 0 spiro atoms. The van der Waals surface area contributed by atoms with E-state index in [0.717, 1.165) is 39.2 Å². The van der Waals surface area contributed by atoms with Gasteiger partial charge in [0.1, 0.15) is 15.9 Å². The predicted octanol–water partition coefficient (Wildman–Crippen LogP) is 2.80. The summed E-state index contributed by atoms with van der Waals surface area (Å²) in [6.07, 6.45) is 0.750. The first-order valence-corrected chi connectivity index (χ1v) is 7.18. The molecule has 0 bridgehead atoms. The summed E-state index contributed by atoms with van der Waals surface area (Å²) in [6.45, 7) is 2.43. The van der Waals surface area contributed by atoms with Gasteiger partial charge >= 0.3 is 0 Å². The van der Waals surface area contributed by atoms with Gasteiger partial charge in [-0.25, -0.2) is 9.97 Å². The van der Waals surface area contributed by atoms with Crippen molar-refractivity contribution in [1.82, 2.24) is 14.5 Å². The van der Waals surface area contributed by atoms with Crippen LogP contribution in [0.3, 0.4) is 0 Å². The van der Waals surface area contributed by atoms with Gasteiger partial charge in [0.15, 0.2) is 11.5 Å². The Balaban J connectivity index is 2.14. The van der Waals surface area contributed by atoms with Gasteiger partial charge in [-0.3, -0.25) is 0 Å². The molecule has 0 aliphatic heterocycles. The van der Waals surface area contributed by atoms with Crippen LogP contribution in [-0.2, 0) is 13.5 Å². The maximum Gasteiger partial charge on any atom is 0.192 e. The summed E-state index contributed by atoms with van der Waals surface area (Å²) in [4.78, 5) is 8.89. The molecule has 0 aliphatic rings. The molecule has 0 fully saturated rings. The molecule has 3 aromatic rings. The molecule has 0 amide bonds. The largest absolute Gasteiger partial charge is 0.441 e. The van der Waals surface area contributed by atoms with E-state index in [9.17, 15) is 0 Å². The summed E-state index contributed by atoms with van der Waals surface area (Å²) >= 11 is 3.53. The number of hydrogen-bond donors (Lipinski definition) is 1. The highest BCUT2D eigenvalue weighted by atomic mass is 79.9. The van der Waals surface area contributed by atoms with Gasteiger partial charge in [-0.2, -0.15) is 0 Å². The molecule has 0 saturated carbocycles. The van der Waals surface area contributed by atoms with Crippen molar-refractivity contribution in [1.29, 1.82) is 0 Å². The summed E-state index contributed by atoms with van der Waals surface area (Å²) < 4.78 is 8.38. The Morgan fingerprint density at radius 3 is 2.90 bits per heavy atom. The highest BCUT2D eigenvalue weighted by molar-refractivity contribution is 9.10. The molecule has 5 nitrogen and oxygen atoms in total. The van der Waals surface area contributed by atoms with Crippen LogP contribution in [0.25, 0.3) is 22.4 Å². The molecule has 0 aliphatic carbocycles. The summed E-state index contributed by atoms with van der Waals surface area (Å²) in [7, 11) is 2.00. The zero-order valence-electron chi connectivity index (χ0n) is 11.4. The van der Waals surface area contributed by atoms with Gasteiger partial charge in [-0.15, -0.1) is 0 Å². The zero-order valence-corrected chi connectivity index (χ0v) is 12.9. The average molecular weight is 335 g/mol. The zero-order chi connectivity index (χ0) is 14.3. The number of imidazole rings is 1. The molecule has 20 heavy (non-hydrogen) atoms. The van der Waals surface area contributed by atoms with Gasteiger partial charge in [0.25, 0.3) is 0 Å². The maximum absolute atomic E-state index is 5.61. The average Bonchev–Trinajstić information content (AvgIpc) is 2.89. The highest BCUT2D eigenvalue weighted by Crippen LogP contribution is 2.30. The van der Waals surface area contributed by atoms with Crippen LogP contribution in [0.4, 0.5) is 0 Å². The molecular weight excluding hydrogens is 320 g/mol. The fourth-order valence-electron chi connectivity index (χ4n) is 2.36. The number of benzene rings is 1. The Hall–Kier alpha value is -1.66. The number of nitrogens with zero attached hydrogens (tertiary/aromatic N) is 3. The number of fused-ring (bicyclic) bond motifs is 1. The minimum Gasteiger partial charge on any atom is -0.441 e. The second-order valence-electron chi connectivity index (χ2n) is 4.68. The third-order valence-electron chi connectivity index (χ3n) is 3.28. The Morgan fingerprint density at radius 1 is 1.35 bits per heavy atom. The molecule has 2 heterocycles. The molecule has 104 valence electrons. The number of halogens is 1. The van der Waals surface area contributed by atoms with Gasteiger partial charge < -0.3 is 14.7 Å². The first-order chi connectivity index (χ1) is 9.60. The quantitative estimate of drug-likeness (QED) is 0.799. The molecule has 2 N–H and O–H groups in total. The monoisotopic (exact) mass is 334 g/mol. The van der Waals surface area contributed by atoms with Crippen molar-refractivity contribution in [2.75, 3.05) is 6.54 Å². The summed E-state index contributed by atoms with van der Waals surface area (Å²) in [6, 6.07) is 5.97. The van der Waals surface area contributed by atoms with Gasteiger partial charge in [0.2, 0.25) is 0 Å². The lowest BCUT2D eigenvalue weighted by molar-refractivity contribution is 0.561. The van der Waals surface area contributed by atoms with E-state index < -0.39 is 0 Å². The van der Waals surface area contributed by atoms with E-state index in [1.54, 1.807) is 0 Å². The first kappa shape index (κ1) is 13.3. The van der Waals surface area contributed by atoms with E-state index >= 15 is 0 Å². The van der Waals surface area contributed by atoms with Gasteiger partial charge in [0, 0.05) is 26.0 Å². The highest BCUT2D eigenvalue weighted by Gasteiger charge is 2.15. The standard InChI is InChI=1S/C14H15BrN4O/c1-8-17-10-7-9(3-4-11(10)20-8)13-14(15)18-12(5-6-16)19(13)2/h3-4,7H,5-6,16H2,1-2H3. The number of aromatic nitrogens is 3. The number of nitrogens with two attached hydrogens (primary N) is 1. The van der Waals surface area contributed by atoms with Crippen molar-refractivity contribution in [3.05, 3.63) is 34.5 Å². The lowest BCUT2D eigenvalue weighted by Crippen LogP contribution is -2.08. The summed E-state index contributed by atoms with van der Waals surface area (Å²) in [5, 5.41) is 0. The Morgan fingerprint density at radius 2 is 2.15 bits per heavy atom. The van der Waals surface area contributed by atoms with Crippen molar-refractivity contribution in [2.45, 2.75) is 13.3 Å². The fourth-order valence-corrected chi connectivity index (χ4v) is 3.06. The SMILES string of the molecule is Cc1nc2cc(-c3c(Br)nc(CCN)n3C)ccc2o1. The third kappa shape index (κ3) is 2.14. The minimum absolute atomic E-state index is 0.582. The fraction of sp³-hybridized carbons (Fsp3) is 0.286. The van der Waals surface area contributed by atoms with Crippen molar-refractivity contribution in [2.24, 2.45) is 12.8 Å². The summed E-state index contributed by atoms with van der Waals surface area (Å²) in [5.41, 5.74) is 9.34. The van der Waals surface area contributed by atoms with Crippen molar-refractivity contribution >= 4 is 27.0 Å². The lowest BCUT2D eigenvalue weighted by atomic mass is 10.1. The Kier molecular flexibility index (Phi) is 3.35. The van der Waals surface area contributed by atoms with Crippen LogP contribution in [-0.4, -0.2) is 21.1 Å². The number of rotatable bonds is 3. The Labute approximate surface area is 124 Å². The molecule has 0 atom stereocenters. The first-order valence-electron chi connectivity index (χ1n) is 6.39. The van der Waals surface area contributed by atoms with E-state index in [-0.39, 0.29) is 0 Å². The van der Waals surface area contributed by atoms with Crippen molar-refractivity contribution in [3.63, 3.8) is 0 Å². The summed E-state index contributed by atoms with van der Waals surface area (Å²) in [5.74, 6) is 1.64. The van der Waals surface area contributed by atoms with Crippen molar-refractivity contribution in [3.8, 4) is 11.3 Å². The smallest absolute Gasteiger partial charge is 0.192 e. The lowest BCUT2D eigenvalue weighted by Gasteiger charge is -2.05. The predicted molar refractivity (Wildman–Crippen MR) is 81.4 cm³/mol. The maximum atomic E-state index is 5.61. The topological polar surface area (TPSA) is 69.9 Å². The molecule has 0 saturated heterocycles. The van der Waals surface area contributed by atoms with E-state index in [1.807, 2.05) is 32.2 Å². The molecule has 3 rings (SSSR count). The minimum atomic E-state index is 0.582. The molecule has 1 aromatic carbocycles. The number of oxazole rings is 1. The normalized spacial score (nSPS) is 11.4. The van der Waals surface area contributed by atoms with Crippen LogP contribution in [0.1, 0.15) is 11.7 Å². The van der Waals surface area contributed by atoms with E-state index in [4.69, 9.17) is 10.2 Å². The molecule has 2 aromatic heterocycles. The van der Waals surface area contributed by atoms with Crippen LogP contribution < -0.4 is 5.73 Å². The van der Waals surface area contributed by atoms with Crippen LogP contribution in [0.2, 0.25) is 0 Å². The second kappa shape index (κ2) is 5.03. The molecular formula is C14H15BrN4O. The van der Waals surface area contributed by atoms with Crippen LogP contribution in [0, 0.1) is 6.92 Å². The van der Waals surface area contributed by atoms with E-state index in [0.29, 0.717) is 12.4 Å². The third-order valence-corrected chi connectivity index (χ3v) is 3.83. The number of hydrogen-bond acceptors (Lipinski definition) is 4. The van der Waals surface area contributed by atoms with Gasteiger partial charge in [-0.05, 0) is 40.7 Å². The molecule has 0 unspecified atom stereocenters.